The molecule has 1 aromatic heterocycles. The standard InChI is InChI=1S/C16H16BrNO4/c1-11-3-5-12(6-4-11)9-18(2)15(19)10-21-16(20)13-7-8-14(17)22-13/h3-8H,9-10H2,1-2H3. The first-order valence-electron chi connectivity index (χ1n) is 6.67. The van der Waals surface area contributed by atoms with Crippen LogP contribution in [0.1, 0.15) is 21.7 Å². The summed E-state index contributed by atoms with van der Waals surface area (Å²) < 4.78 is 10.4. The van der Waals surface area contributed by atoms with Crippen LogP contribution in [0.15, 0.2) is 45.5 Å². The zero-order valence-corrected chi connectivity index (χ0v) is 13.9. The van der Waals surface area contributed by atoms with Crippen molar-refractivity contribution in [3.8, 4) is 0 Å². The van der Waals surface area contributed by atoms with Crippen LogP contribution in [-0.2, 0) is 16.1 Å². The van der Waals surface area contributed by atoms with Crippen molar-refractivity contribution in [3.63, 3.8) is 0 Å². The van der Waals surface area contributed by atoms with E-state index in [1.54, 1.807) is 13.1 Å². The van der Waals surface area contributed by atoms with Crippen LogP contribution < -0.4 is 0 Å². The molecule has 0 saturated heterocycles. The third kappa shape index (κ3) is 4.46. The molecule has 22 heavy (non-hydrogen) atoms. The number of likely N-dealkylation sites (N-methyl/N-ethyl adjacent to an activating group) is 1. The Labute approximate surface area is 137 Å². The number of esters is 1. The van der Waals surface area contributed by atoms with Gasteiger partial charge in [-0.3, -0.25) is 4.79 Å². The van der Waals surface area contributed by atoms with Crippen molar-refractivity contribution in [2.75, 3.05) is 13.7 Å². The van der Waals surface area contributed by atoms with Crippen LogP contribution >= 0.6 is 15.9 Å². The molecule has 0 aliphatic carbocycles. The highest BCUT2D eigenvalue weighted by molar-refractivity contribution is 9.10. The molecule has 0 spiro atoms. The van der Waals surface area contributed by atoms with E-state index in [0.29, 0.717) is 11.2 Å². The predicted octanol–water partition coefficient (Wildman–Crippen LogP) is 3.17. The lowest BCUT2D eigenvalue weighted by atomic mass is 10.1. The minimum absolute atomic E-state index is 0.0564. The predicted molar refractivity (Wildman–Crippen MR) is 84.3 cm³/mol. The number of furan rings is 1. The van der Waals surface area contributed by atoms with E-state index < -0.39 is 5.97 Å². The van der Waals surface area contributed by atoms with Gasteiger partial charge in [0.15, 0.2) is 11.3 Å². The van der Waals surface area contributed by atoms with Gasteiger partial charge in [-0.15, -0.1) is 0 Å². The second kappa shape index (κ2) is 7.26. The van der Waals surface area contributed by atoms with Crippen molar-refractivity contribution in [1.82, 2.24) is 4.90 Å². The highest BCUT2D eigenvalue weighted by atomic mass is 79.9. The Morgan fingerprint density at radius 3 is 2.45 bits per heavy atom. The van der Waals surface area contributed by atoms with Crippen LogP contribution in [0.4, 0.5) is 0 Å². The monoisotopic (exact) mass is 365 g/mol. The zero-order chi connectivity index (χ0) is 16.1. The molecule has 0 aliphatic heterocycles. The Kier molecular flexibility index (Phi) is 5.38. The molecule has 1 aromatic carbocycles. The van der Waals surface area contributed by atoms with E-state index in [0.717, 1.165) is 11.1 Å². The number of ether oxygens (including phenoxy) is 1. The Bertz CT molecular complexity index is 663. The number of rotatable bonds is 5. The van der Waals surface area contributed by atoms with Crippen molar-refractivity contribution in [2.24, 2.45) is 0 Å². The van der Waals surface area contributed by atoms with Crippen LogP contribution in [0.5, 0.6) is 0 Å². The molecule has 6 heteroatoms. The molecule has 0 radical (unpaired) electrons. The highest BCUT2D eigenvalue weighted by Crippen LogP contribution is 2.14. The van der Waals surface area contributed by atoms with E-state index in [9.17, 15) is 9.59 Å². The minimum atomic E-state index is -0.664. The fourth-order valence-corrected chi connectivity index (χ4v) is 2.09. The van der Waals surface area contributed by atoms with Gasteiger partial charge < -0.3 is 14.1 Å². The number of carbonyl (C=O) groups excluding carboxylic acids is 2. The Hall–Kier alpha value is -2.08. The van der Waals surface area contributed by atoms with Crippen LogP contribution in [-0.4, -0.2) is 30.4 Å². The summed E-state index contributed by atoms with van der Waals surface area (Å²) in [5, 5.41) is 0. The van der Waals surface area contributed by atoms with E-state index in [4.69, 9.17) is 9.15 Å². The van der Waals surface area contributed by atoms with Crippen molar-refractivity contribution in [3.05, 3.63) is 58.0 Å². The molecule has 5 nitrogen and oxygen atoms in total. The summed E-state index contributed by atoms with van der Waals surface area (Å²) in [6.45, 7) is 2.15. The maximum Gasteiger partial charge on any atom is 0.374 e. The van der Waals surface area contributed by atoms with Crippen LogP contribution in [0.2, 0.25) is 0 Å². The molecule has 0 atom stereocenters. The Balaban J connectivity index is 1.83. The van der Waals surface area contributed by atoms with Gasteiger partial charge >= 0.3 is 5.97 Å². The number of hydrogen-bond acceptors (Lipinski definition) is 4. The van der Waals surface area contributed by atoms with Crippen molar-refractivity contribution >= 4 is 27.8 Å². The van der Waals surface area contributed by atoms with Crippen LogP contribution in [0, 0.1) is 6.92 Å². The summed E-state index contributed by atoms with van der Waals surface area (Å²) >= 11 is 3.10. The lowest BCUT2D eigenvalue weighted by Crippen LogP contribution is -2.30. The number of carbonyl (C=O) groups is 2. The summed E-state index contributed by atoms with van der Waals surface area (Å²) in [5.74, 6) is -0.886. The first kappa shape index (κ1) is 16.3. The molecule has 0 N–H and O–H groups in total. The summed E-state index contributed by atoms with van der Waals surface area (Å²) in [6.07, 6.45) is 0. The van der Waals surface area contributed by atoms with Crippen molar-refractivity contribution < 1.29 is 18.7 Å². The van der Waals surface area contributed by atoms with E-state index >= 15 is 0 Å². The number of benzene rings is 1. The second-order valence-corrected chi connectivity index (χ2v) is 5.70. The number of amides is 1. The normalized spacial score (nSPS) is 10.3. The molecule has 1 heterocycles. The smallest absolute Gasteiger partial charge is 0.374 e. The molecule has 0 bridgehead atoms. The fraction of sp³-hybridized carbons (Fsp3) is 0.250. The largest absolute Gasteiger partial charge is 0.450 e. The third-order valence-electron chi connectivity index (χ3n) is 3.07. The fourth-order valence-electron chi connectivity index (χ4n) is 1.79. The summed E-state index contributed by atoms with van der Waals surface area (Å²) in [6, 6.07) is 11.0. The minimum Gasteiger partial charge on any atom is -0.450 e. The number of nitrogens with zero attached hydrogens (tertiary/aromatic N) is 1. The van der Waals surface area contributed by atoms with Crippen LogP contribution in [0.25, 0.3) is 0 Å². The van der Waals surface area contributed by atoms with Gasteiger partial charge in [0, 0.05) is 13.6 Å². The van der Waals surface area contributed by atoms with Crippen LogP contribution in [0.3, 0.4) is 0 Å². The molecule has 0 saturated carbocycles. The molecule has 0 fully saturated rings. The topological polar surface area (TPSA) is 59.8 Å². The number of halogens is 1. The maximum absolute atomic E-state index is 12.0. The van der Waals surface area contributed by atoms with E-state index in [2.05, 4.69) is 15.9 Å². The lowest BCUT2D eigenvalue weighted by molar-refractivity contribution is -0.133. The molecule has 2 aromatic rings. The maximum atomic E-state index is 12.0. The van der Waals surface area contributed by atoms with E-state index in [1.807, 2.05) is 31.2 Å². The second-order valence-electron chi connectivity index (χ2n) is 4.92. The van der Waals surface area contributed by atoms with Gasteiger partial charge in [-0.1, -0.05) is 29.8 Å². The Morgan fingerprint density at radius 2 is 1.86 bits per heavy atom. The van der Waals surface area contributed by atoms with Crippen molar-refractivity contribution in [2.45, 2.75) is 13.5 Å². The van der Waals surface area contributed by atoms with Gasteiger partial charge in [0.2, 0.25) is 5.76 Å². The van der Waals surface area contributed by atoms with E-state index in [-0.39, 0.29) is 18.3 Å². The van der Waals surface area contributed by atoms with Gasteiger partial charge in [-0.05, 0) is 40.5 Å². The quantitative estimate of drug-likeness (QED) is 0.763. The van der Waals surface area contributed by atoms with Crippen molar-refractivity contribution in [1.29, 1.82) is 0 Å². The SMILES string of the molecule is Cc1ccc(CN(C)C(=O)COC(=O)c2ccc(Br)o2)cc1. The lowest BCUT2D eigenvalue weighted by Gasteiger charge is -2.17. The van der Waals surface area contributed by atoms with Gasteiger partial charge in [0.05, 0.1) is 0 Å². The van der Waals surface area contributed by atoms with Gasteiger partial charge in [-0.25, -0.2) is 4.79 Å². The molecule has 0 aliphatic rings. The zero-order valence-electron chi connectivity index (χ0n) is 12.3. The molecule has 1 amide bonds. The molecular formula is C16H16BrNO4. The molecular weight excluding hydrogens is 350 g/mol. The summed E-state index contributed by atoms with van der Waals surface area (Å²) in [5.41, 5.74) is 2.18. The summed E-state index contributed by atoms with van der Waals surface area (Å²) in [4.78, 5) is 25.1. The summed E-state index contributed by atoms with van der Waals surface area (Å²) in [7, 11) is 1.67. The average molecular weight is 366 g/mol. The highest BCUT2D eigenvalue weighted by Gasteiger charge is 2.16. The van der Waals surface area contributed by atoms with Gasteiger partial charge in [0.1, 0.15) is 0 Å². The number of aryl methyl sites for hydroxylation is 1. The van der Waals surface area contributed by atoms with Gasteiger partial charge in [0.25, 0.3) is 5.91 Å². The molecule has 2 rings (SSSR count). The van der Waals surface area contributed by atoms with Gasteiger partial charge in [-0.2, -0.15) is 0 Å². The Morgan fingerprint density at radius 1 is 1.18 bits per heavy atom. The van der Waals surface area contributed by atoms with E-state index in [1.165, 1.54) is 11.0 Å². The third-order valence-corrected chi connectivity index (χ3v) is 3.49. The first-order valence-corrected chi connectivity index (χ1v) is 7.47. The number of hydrogen-bond donors (Lipinski definition) is 0. The molecule has 116 valence electrons. The average Bonchev–Trinajstić information content (AvgIpc) is 2.93. The first-order chi connectivity index (χ1) is 10.5. The molecule has 0 unspecified atom stereocenters.